The Kier molecular flexibility index (Phi) is 5.42. The summed E-state index contributed by atoms with van der Waals surface area (Å²) in [5, 5.41) is 13.1. The van der Waals surface area contributed by atoms with Gasteiger partial charge in [-0.05, 0) is 26.3 Å². The van der Waals surface area contributed by atoms with E-state index in [9.17, 15) is 0 Å². The summed E-state index contributed by atoms with van der Waals surface area (Å²) >= 11 is 6.41. The van der Waals surface area contributed by atoms with Gasteiger partial charge in [0.15, 0.2) is 0 Å². The smallest absolute Gasteiger partial charge is 0.0837 e. The van der Waals surface area contributed by atoms with Gasteiger partial charge in [-0.25, -0.2) is 0 Å². The summed E-state index contributed by atoms with van der Waals surface area (Å²) in [5.74, 6) is 0. The Labute approximate surface area is 131 Å². The maximum atomic E-state index is 6.41. The number of hydrogen-bond donors (Lipinski definition) is 1. The van der Waals surface area contributed by atoms with E-state index in [0.29, 0.717) is 5.02 Å². The summed E-state index contributed by atoms with van der Waals surface area (Å²) in [4.78, 5) is 0. The first-order valence-corrected chi connectivity index (χ1v) is 7.91. The molecule has 0 aliphatic carbocycles. The predicted molar refractivity (Wildman–Crippen MR) is 85.6 cm³/mol. The normalized spacial score (nSPS) is 12.8. The Morgan fingerprint density at radius 2 is 2.00 bits per heavy atom. The molecule has 21 heavy (non-hydrogen) atoms. The predicted octanol–water partition coefficient (Wildman–Crippen LogP) is 3.08. The maximum absolute atomic E-state index is 6.41. The van der Waals surface area contributed by atoms with Crippen LogP contribution in [-0.4, -0.2) is 26.1 Å². The number of nitrogens with zero attached hydrogens (tertiary/aromatic N) is 4. The van der Waals surface area contributed by atoms with Crippen molar-refractivity contribution in [1.29, 1.82) is 0 Å². The highest BCUT2D eigenvalue weighted by Gasteiger charge is 2.24. The van der Waals surface area contributed by atoms with Crippen LogP contribution in [0.5, 0.6) is 0 Å². The van der Waals surface area contributed by atoms with E-state index in [1.54, 1.807) is 6.20 Å². The minimum absolute atomic E-state index is 0.0280. The zero-order valence-electron chi connectivity index (χ0n) is 13.2. The molecule has 0 amide bonds. The van der Waals surface area contributed by atoms with Crippen LogP contribution in [0.4, 0.5) is 0 Å². The molecule has 0 saturated heterocycles. The van der Waals surface area contributed by atoms with Crippen LogP contribution >= 0.6 is 11.6 Å². The summed E-state index contributed by atoms with van der Waals surface area (Å²) in [6, 6.07) is 0.0280. The lowest BCUT2D eigenvalue weighted by Crippen LogP contribution is -2.26. The van der Waals surface area contributed by atoms with Crippen molar-refractivity contribution in [2.45, 2.75) is 46.2 Å². The van der Waals surface area contributed by atoms with E-state index in [-0.39, 0.29) is 6.04 Å². The third-order valence-corrected chi connectivity index (χ3v) is 4.02. The minimum atomic E-state index is 0.0280. The van der Waals surface area contributed by atoms with Crippen LogP contribution in [0.1, 0.15) is 49.7 Å². The SMILES string of the molecule is CCCNC(c1cnn(C)c1C)c1c(Cl)cnn1CCC. The lowest BCUT2D eigenvalue weighted by Gasteiger charge is -2.20. The highest BCUT2D eigenvalue weighted by molar-refractivity contribution is 6.31. The fourth-order valence-electron chi connectivity index (χ4n) is 2.49. The van der Waals surface area contributed by atoms with Crippen molar-refractivity contribution in [2.75, 3.05) is 6.54 Å². The molecule has 0 radical (unpaired) electrons. The molecule has 2 aromatic heterocycles. The largest absolute Gasteiger partial charge is 0.305 e. The molecule has 2 aromatic rings. The molecule has 6 heteroatoms. The molecule has 0 fully saturated rings. The molecule has 5 nitrogen and oxygen atoms in total. The van der Waals surface area contributed by atoms with Crippen molar-refractivity contribution in [3.8, 4) is 0 Å². The molecule has 0 aromatic carbocycles. The first-order valence-electron chi connectivity index (χ1n) is 7.53. The maximum Gasteiger partial charge on any atom is 0.0837 e. The summed E-state index contributed by atoms with van der Waals surface area (Å²) < 4.78 is 3.90. The van der Waals surface area contributed by atoms with E-state index in [0.717, 1.165) is 42.9 Å². The van der Waals surface area contributed by atoms with E-state index in [2.05, 4.69) is 36.3 Å². The zero-order chi connectivity index (χ0) is 15.4. The highest BCUT2D eigenvalue weighted by Crippen LogP contribution is 2.30. The second kappa shape index (κ2) is 7.09. The summed E-state index contributed by atoms with van der Waals surface area (Å²) in [7, 11) is 1.96. The third-order valence-electron chi connectivity index (χ3n) is 3.72. The molecule has 116 valence electrons. The van der Waals surface area contributed by atoms with Gasteiger partial charge < -0.3 is 5.32 Å². The zero-order valence-corrected chi connectivity index (χ0v) is 14.0. The summed E-state index contributed by atoms with van der Waals surface area (Å²) in [6.07, 6.45) is 5.74. The van der Waals surface area contributed by atoms with Gasteiger partial charge in [-0.2, -0.15) is 10.2 Å². The van der Waals surface area contributed by atoms with Crippen LogP contribution in [0.25, 0.3) is 0 Å². The van der Waals surface area contributed by atoms with Gasteiger partial charge in [-0.1, -0.05) is 25.4 Å². The fraction of sp³-hybridized carbons (Fsp3) is 0.600. The Morgan fingerprint density at radius 1 is 1.24 bits per heavy atom. The lowest BCUT2D eigenvalue weighted by atomic mass is 10.0. The van der Waals surface area contributed by atoms with Crippen molar-refractivity contribution in [1.82, 2.24) is 24.9 Å². The quantitative estimate of drug-likeness (QED) is 0.855. The molecule has 0 aliphatic heterocycles. The number of halogens is 1. The Morgan fingerprint density at radius 3 is 2.57 bits per heavy atom. The van der Waals surface area contributed by atoms with Gasteiger partial charge in [-0.15, -0.1) is 0 Å². The van der Waals surface area contributed by atoms with Gasteiger partial charge in [0.25, 0.3) is 0 Å². The number of rotatable bonds is 7. The van der Waals surface area contributed by atoms with Crippen molar-refractivity contribution in [3.05, 3.63) is 34.4 Å². The van der Waals surface area contributed by atoms with Crippen molar-refractivity contribution >= 4 is 11.6 Å². The van der Waals surface area contributed by atoms with E-state index in [4.69, 9.17) is 11.6 Å². The van der Waals surface area contributed by atoms with Gasteiger partial charge in [0.2, 0.25) is 0 Å². The average molecular weight is 310 g/mol. The number of hydrogen-bond acceptors (Lipinski definition) is 3. The summed E-state index contributed by atoms with van der Waals surface area (Å²) in [6.45, 7) is 8.17. The minimum Gasteiger partial charge on any atom is -0.305 e. The van der Waals surface area contributed by atoms with Gasteiger partial charge in [0.1, 0.15) is 0 Å². The van der Waals surface area contributed by atoms with Gasteiger partial charge >= 0.3 is 0 Å². The van der Waals surface area contributed by atoms with E-state index < -0.39 is 0 Å². The third kappa shape index (κ3) is 3.30. The van der Waals surface area contributed by atoms with Crippen molar-refractivity contribution < 1.29 is 0 Å². The van der Waals surface area contributed by atoms with Crippen molar-refractivity contribution in [3.63, 3.8) is 0 Å². The van der Waals surface area contributed by atoms with Crippen LogP contribution < -0.4 is 5.32 Å². The Bertz CT molecular complexity index is 587. The van der Waals surface area contributed by atoms with Gasteiger partial charge in [-0.3, -0.25) is 9.36 Å². The standard InChI is InChI=1S/C15H24ClN5/c1-5-7-17-14(12-9-18-20(4)11(12)3)15-13(16)10-19-21(15)8-6-2/h9-10,14,17H,5-8H2,1-4H3. The molecule has 1 N–H and O–H groups in total. The highest BCUT2D eigenvalue weighted by atomic mass is 35.5. The fourth-order valence-corrected chi connectivity index (χ4v) is 2.74. The van der Waals surface area contributed by atoms with E-state index >= 15 is 0 Å². The first-order chi connectivity index (χ1) is 10.1. The molecule has 0 bridgehead atoms. The summed E-state index contributed by atoms with van der Waals surface area (Å²) in [5.41, 5.74) is 3.33. The molecule has 0 spiro atoms. The second-order valence-electron chi connectivity index (χ2n) is 5.30. The number of aromatic nitrogens is 4. The molecule has 1 atom stereocenters. The van der Waals surface area contributed by atoms with Crippen LogP contribution in [0.3, 0.4) is 0 Å². The van der Waals surface area contributed by atoms with Crippen LogP contribution in [0.2, 0.25) is 5.02 Å². The van der Waals surface area contributed by atoms with Crippen LogP contribution in [-0.2, 0) is 13.6 Å². The van der Waals surface area contributed by atoms with Crippen LogP contribution in [0.15, 0.2) is 12.4 Å². The topological polar surface area (TPSA) is 47.7 Å². The van der Waals surface area contributed by atoms with Crippen molar-refractivity contribution in [2.24, 2.45) is 7.05 Å². The first kappa shape index (κ1) is 16.0. The van der Waals surface area contributed by atoms with E-state index in [1.165, 1.54) is 0 Å². The second-order valence-corrected chi connectivity index (χ2v) is 5.70. The Balaban J connectivity index is 2.45. The Hall–Kier alpha value is -1.33. The van der Waals surface area contributed by atoms with Gasteiger partial charge in [0.05, 0.1) is 29.2 Å². The van der Waals surface area contributed by atoms with Gasteiger partial charge in [0, 0.05) is 24.8 Å². The molecular weight excluding hydrogens is 286 g/mol. The molecular formula is C15H24ClN5. The number of nitrogens with one attached hydrogen (secondary N) is 1. The molecule has 2 rings (SSSR count). The molecule has 0 saturated carbocycles. The lowest BCUT2D eigenvalue weighted by molar-refractivity contribution is 0.510. The molecule has 2 heterocycles. The average Bonchev–Trinajstić information content (AvgIpc) is 2.98. The number of aryl methyl sites for hydroxylation is 2. The van der Waals surface area contributed by atoms with Crippen LogP contribution in [0, 0.1) is 6.92 Å². The van der Waals surface area contributed by atoms with E-state index in [1.807, 2.05) is 22.6 Å². The molecule has 0 aliphatic rings. The molecule has 1 unspecified atom stereocenters. The monoisotopic (exact) mass is 309 g/mol.